The van der Waals surface area contributed by atoms with Gasteiger partial charge in [0, 0.05) is 16.6 Å². The van der Waals surface area contributed by atoms with Gasteiger partial charge in [-0.15, -0.1) is 11.8 Å². The predicted molar refractivity (Wildman–Crippen MR) is 68.9 cm³/mol. The smallest absolute Gasteiger partial charge is 0.174 e. The average molecular weight is 254 g/mol. The van der Waals surface area contributed by atoms with Crippen LogP contribution in [-0.4, -0.2) is 21.5 Å². The Morgan fingerprint density at radius 3 is 2.62 bits per heavy atom. The molecule has 0 saturated carbocycles. The molecule has 1 saturated heterocycles. The van der Waals surface area contributed by atoms with Gasteiger partial charge in [-0.1, -0.05) is 30.3 Å². The fraction of sp³-hybridized carbons (Fsp3) is 0.417. The number of carbonyl (C=O) groups excluding carboxylic acids is 1. The molecule has 0 aliphatic carbocycles. The van der Waals surface area contributed by atoms with Gasteiger partial charge in [0.05, 0.1) is 0 Å². The Bertz CT molecular complexity index is 416. The highest BCUT2D eigenvalue weighted by molar-refractivity contribution is 8.13. The van der Waals surface area contributed by atoms with Gasteiger partial charge in [-0.3, -0.25) is 9.00 Å². The van der Waals surface area contributed by atoms with Crippen LogP contribution in [0, 0.1) is 0 Å². The molecule has 1 fully saturated rings. The Hall–Kier alpha value is -0.610. The summed E-state index contributed by atoms with van der Waals surface area (Å²) in [6.45, 7) is 1.54. The minimum Gasteiger partial charge on any atom is -0.297 e. The maximum atomic E-state index is 12.2. The summed E-state index contributed by atoms with van der Waals surface area (Å²) in [7, 11) is -1.10. The molecule has 1 heterocycles. The van der Waals surface area contributed by atoms with E-state index in [4.69, 9.17) is 0 Å². The van der Waals surface area contributed by atoms with Crippen LogP contribution in [0.5, 0.6) is 0 Å². The molecule has 0 spiro atoms. The van der Waals surface area contributed by atoms with Gasteiger partial charge in [0.15, 0.2) is 9.86 Å². The van der Waals surface area contributed by atoms with E-state index in [0.717, 1.165) is 17.7 Å². The molecule has 16 heavy (non-hydrogen) atoms. The van der Waals surface area contributed by atoms with Crippen molar-refractivity contribution in [1.82, 2.24) is 0 Å². The van der Waals surface area contributed by atoms with Gasteiger partial charge in [0.1, 0.15) is 0 Å². The minimum atomic E-state index is -1.10. The summed E-state index contributed by atoms with van der Waals surface area (Å²) in [5, 5.41) is 0. The summed E-state index contributed by atoms with van der Waals surface area (Å²) >= 11 is 1.53. The molecule has 2 atom stereocenters. The van der Waals surface area contributed by atoms with Crippen LogP contribution >= 0.6 is 11.8 Å². The second-order valence-corrected chi connectivity index (χ2v) is 7.07. The molecule has 1 aromatic rings. The molecule has 0 radical (unpaired) electrons. The normalized spacial score (nSPS) is 29.9. The molecule has 0 N–H and O–H groups in total. The summed E-state index contributed by atoms with van der Waals surface area (Å²) in [6.07, 6.45) is 0.930. The molecule has 2 rings (SSSR count). The summed E-state index contributed by atoms with van der Waals surface area (Å²) in [4.78, 5) is 11.9. The van der Waals surface area contributed by atoms with Gasteiger partial charge in [-0.2, -0.15) is 0 Å². The predicted octanol–water partition coefficient (Wildman–Crippen LogP) is 2.31. The molecule has 0 amide bonds. The van der Waals surface area contributed by atoms with Crippen molar-refractivity contribution in [2.75, 3.05) is 11.5 Å². The number of rotatable bonds is 2. The number of hydrogen-bond donors (Lipinski definition) is 0. The molecule has 0 bridgehead atoms. The fourth-order valence-corrected chi connectivity index (χ4v) is 5.66. The number of Topliss-reactive ketones (excluding diaryl/α,β-unsaturated/α-hetero) is 1. The molecule has 1 aliphatic heterocycles. The van der Waals surface area contributed by atoms with E-state index in [-0.39, 0.29) is 5.78 Å². The van der Waals surface area contributed by atoms with Gasteiger partial charge in [-0.25, -0.2) is 0 Å². The average Bonchev–Trinajstić information content (AvgIpc) is 2.30. The van der Waals surface area contributed by atoms with Crippen LogP contribution in [0.2, 0.25) is 0 Å². The Labute approximate surface area is 102 Å². The Balaban J connectivity index is 2.51. The lowest BCUT2D eigenvalue weighted by molar-refractivity contribution is -0.117. The van der Waals surface area contributed by atoms with E-state index in [1.54, 1.807) is 6.92 Å². The zero-order valence-corrected chi connectivity index (χ0v) is 10.8. The molecule has 1 aliphatic rings. The summed E-state index contributed by atoms with van der Waals surface area (Å²) in [5.41, 5.74) is 0.880. The maximum Gasteiger partial charge on any atom is 0.174 e. The SMILES string of the molecule is CC(=O)[C@]1(c2ccccc2)SCCCS1=O. The number of hydrogen-bond acceptors (Lipinski definition) is 3. The third kappa shape index (κ3) is 1.84. The van der Waals surface area contributed by atoms with Gasteiger partial charge >= 0.3 is 0 Å². The van der Waals surface area contributed by atoms with E-state index < -0.39 is 14.9 Å². The van der Waals surface area contributed by atoms with Gasteiger partial charge in [0.2, 0.25) is 0 Å². The third-order valence-corrected chi connectivity index (χ3v) is 6.87. The van der Waals surface area contributed by atoms with Crippen molar-refractivity contribution >= 4 is 28.3 Å². The minimum absolute atomic E-state index is 0.00160. The Morgan fingerprint density at radius 2 is 2.06 bits per heavy atom. The molecular weight excluding hydrogens is 240 g/mol. The molecular formula is C12H14O2S2. The monoisotopic (exact) mass is 254 g/mol. The first kappa shape index (κ1) is 11.9. The molecule has 0 aromatic heterocycles. The van der Waals surface area contributed by atoms with Crippen molar-refractivity contribution in [3.63, 3.8) is 0 Å². The number of ketones is 1. The van der Waals surface area contributed by atoms with E-state index in [2.05, 4.69) is 0 Å². The van der Waals surface area contributed by atoms with Crippen molar-refractivity contribution in [2.45, 2.75) is 17.4 Å². The van der Waals surface area contributed by atoms with Gasteiger partial charge < -0.3 is 0 Å². The molecule has 86 valence electrons. The number of thioether (sulfide) groups is 1. The highest BCUT2D eigenvalue weighted by Crippen LogP contribution is 2.44. The molecule has 2 nitrogen and oxygen atoms in total. The maximum absolute atomic E-state index is 12.2. The topological polar surface area (TPSA) is 34.1 Å². The van der Waals surface area contributed by atoms with Crippen molar-refractivity contribution in [3.8, 4) is 0 Å². The first-order valence-corrected chi connectivity index (χ1v) is 7.57. The largest absolute Gasteiger partial charge is 0.297 e. The fourth-order valence-electron chi connectivity index (χ4n) is 1.95. The lowest BCUT2D eigenvalue weighted by Gasteiger charge is -2.33. The Morgan fingerprint density at radius 1 is 1.38 bits per heavy atom. The molecule has 1 aromatic carbocycles. The van der Waals surface area contributed by atoms with Crippen molar-refractivity contribution in [1.29, 1.82) is 0 Å². The van der Waals surface area contributed by atoms with E-state index in [1.807, 2.05) is 30.3 Å². The summed E-state index contributed by atoms with van der Waals surface area (Å²) in [5.74, 6) is 1.53. The van der Waals surface area contributed by atoms with Crippen LogP contribution in [-0.2, 0) is 19.7 Å². The lowest BCUT2D eigenvalue weighted by Crippen LogP contribution is -2.39. The van der Waals surface area contributed by atoms with Crippen LogP contribution in [0.4, 0.5) is 0 Å². The quantitative estimate of drug-likeness (QED) is 0.812. The molecule has 1 unspecified atom stereocenters. The number of benzene rings is 1. The van der Waals surface area contributed by atoms with Crippen LogP contribution in [0.15, 0.2) is 30.3 Å². The van der Waals surface area contributed by atoms with Gasteiger partial charge in [0.25, 0.3) is 0 Å². The van der Waals surface area contributed by atoms with Crippen molar-refractivity contribution in [3.05, 3.63) is 35.9 Å². The standard InChI is InChI=1S/C12H14O2S2/c1-10(13)12(11-6-3-2-4-7-11)15-8-5-9-16(12)14/h2-4,6-7H,5,8-9H2,1H3/t12-,16?/m0/s1. The summed E-state index contributed by atoms with van der Waals surface area (Å²) in [6, 6.07) is 9.50. The third-order valence-electron chi connectivity index (χ3n) is 2.72. The van der Waals surface area contributed by atoms with E-state index in [9.17, 15) is 9.00 Å². The van der Waals surface area contributed by atoms with Crippen LogP contribution in [0.1, 0.15) is 18.9 Å². The summed E-state index contributed by atoms with van der Waals surface area (Å²) < 4.78 is 11.4. The number of carbonyl (C=O) groups is 1. The highest BCUT2D eigenvalue weighted by atomic mass is 32.2. The van der Waals surface area contributed by atoms with Crippen LogP contribution in [0.3, 0.4) is 0 Å². The highest BCUT2D eigenvalue weighted by Gasteiger charge is 2.45. The molecule has 4 heteroatoms. The zero-order valence-electron chi connectivity index (χ0n) is 9.14. The Kier molecular flexibility index (Phi) is 3.50. The van der Waals surface area contributed by atoms with Gasteiger partial charge in [-0.05, 0) is 24.7 Å². The van der Waals surface area contributed by atoms with E-state index in [0.29, 0.717) is 5.75 Å². The first-order chi connectivity index (χ1) is 7.68. The zero-order chi connectivity index (χ0) is 11.6. The van der Waals surface area contributed by atoms with Crippen LogP contribution in [0.25, 0.3) is 0 Å². The first-order valence-electron chi connectivity index (χ1n) is 5.27. The second kappa shape index (κ2) is 4.72. The van der Waals surface area contributed by atoms with E-state index >= 15 is 0 Å². The van der Waals surface area contributed by atoms with Crippen molar-refractivity contribution in [2.24, 2.45) is 0 Å². The van der Waals surface area contributed by atoms with Crippen LogP contribution < -0.4 is 0 Å². The lowest BCUT2D eigenvalue weighted by atomic mass is 10.1. The van der Waals surface area contributed by atoms with Crippen molar-refractivity contribution < 1.29 is 9.00 Å². The van der Waals surface area contributed by atoms with E-state index in [1.165, 1.54) is 11.8 Å². The second-order valence-electron chi connectivity index (χ2n) is 3.79.